The van der Waals surface area contributed by atoms with Crippen LogP contribution >= 0.6 is 27.5 Å². The fourth-order valence-electron chi connectivity index (χ4n) is 3.05. The lowest BCUT2D eigenvalue weighted by Gasteiger charge is -2.16. The maximum Gasteiger partial charge on any atom is 0.229 e. The minimum Gasteiger partial charge on any atom is -0.495 e. The van der Waals surface area contributed by atoms with Crippen LogP contribution in [0.1, 0.15) is 19.4 Å². The van der Waals surface area contributed by atoms with Crippen molar-refractivity contribution in [2.45, 2.75) is 30.4 Å². The molecular formula is C22H25BrClN5O3S. The highest BCUT2D eigenvalue weighted by atomic mass is 79.9. The molecule has 0 aliphatic heterocycles. The number of ether oxygens (including phenoxy) is 1. The molecule has 176 valence electrons. The third kappa shape index (κ3) is 5.75. The van der Waals surface area contributed by atoms with Gasteiger partial charge in [0.2, 0.25) is 5.95 Å². The van der Waals surface area contributed by atoms with Crippen molar-refractivity contribution in [3.8, 4) is 5.75 Å². The number of hydrogen-bond donors (Lipinski definition) is 3. The van der Waals surface area contributed by atoms with E-state index in [4.69, 9.17) is 22.1 Å². The number of anilines is 4. The molecule has 3 rings (SSSR count). The van der Waals surface area contributed by atoms with Crippen LogP contribution in [0.25, 0.3) is 0 Å². The van der Waals surface area contributed by atoms with Crippen molar-refractivity contribution in [3.63, 3.8) is 0 Å². The van der Waals surface area contributed by atoms with Crippen LogP contribution in [0.15, 0.2) is 52.0 Å². The van der Waals surface area contributed by atoms with Gasteiger partial charge < -0.3 is 21.1 Å². The number of aromatic nitrogens is 2. The maximum atomic E-state index is 12.8. The Kier molecular flexibility index (Phi) is 8.17. The molecule has 4 N–H and O–H groups in total. The Balaban J connectivity index is 1.97. The van der Waals surface area contributed by atoms with Gasteiger partial charge in [0.1, 0.15) is 10.8 Å². The van der Waals surface area contributed by atoms with Crippen LogP contribution in [-0.2, 0) is 16.3 Å². The van der Waals surface area contributed by atoms with Crippen molar-refractivity contribution in [1.82, 2.24) is 9.97 Å². The Morgan fingerprint density at radius 2 is 1.91 bits per heavy atom. The molecule has 0 spiro atoms. The van der Waals surface area contributed by atoms with Crippen molar-refractivity contribution >= 4 is 60.5 Å². The summed E-state index contributed by atoms with van der Waals surface area (Å²) in [6, 6.07) is 10.4. The minimum atomic E-state index is -3.52. The lowest BCUT2D eigenvalue weighted by Crippen LogP contribution is -2.15. The summed E-state index contributed by atoms with van der Waals surface area (Å²) in [5.74, 6) is 1.10. The van der Waals surface area contributed by atoms with E-state index in [1.54, 1.807) is 45.2 Å². The molecule has 0 bridgehead atoms. The van der Waals surface area contributed by atoms with Gasteiger partial charge in [-0.3, -0.25) is 0 Å². The fraction of sp³-hybridized carbons (Fsp3) is 0.273. The van der Waals surface area contributed by atoms with Crippen LogP contribution in [0.4, 0.5) is 23.1 Å². The summed E-state index contributed by atoms with van der Waals surface area (Å²) in [6.07, 6.45) is 2.11. The first-order chi connectivity index (χ1) is 15.7. The largest absolute Gasteiger partial charge is 0.495 e. The molecule has 1 aromatic heterocycles. The van der Waals surface area contributed by atoms with Gasteiger partial charge in [-0.25, -0.2) is 13.4 Å². The van der Waals surface area contributed by atoms with Crippen LogP contribution in [0.3, 0.4) is 0 Å². The molecule has 0 unspecified atom stereocenters. The van der Waals surface area contributed by atoms with Crippen LogP contribution in [0.2, 0.25) is 5.02 Å². The van der Waals surface area contributed by atoms with E-state index in [2.05, 4.69) is 36.5 Å². The summed E-state index contributed by atoms with van der Waals surface area (Å²) in [4.78, 5) is 8.87. The van der Waals surface area contributed by atoms with Gasteiger partial charge in [0.05, 0.1) is 34.8 Å². The van der Waals surface area contributed by atoms with Crippen LogP contribution in [-0.4, -0.2) is 37.3 Å². The van der Waals surface area contributed by atoms with E-state index in [0.29, 0.717) is 30.1 Å². The number of para-hydroxylation sites is 1. The molecule has 0 radical (unpaired) electrons. The van der Waals surface area contributed by atoms with Gasteiger partial charge in [0.15, 0.2) is 15.7 Å². The monoisotopic (exact) mass is 553 g/mol. The molecule has 0 aliphatic carbocycles. The second-order valence-electron chi connectivity index (χ2n) is 7.41. The van der Waals surface area contributed by atoms with Crippen LogP contribution < -0.4 is 21.1 Å². The van der Waals surface area contributed by atoms with Crippen molar-refractivity contribution in [2.24, 2.45) is 5.73 Å². The molecule has 33 heavy (non-hydrogen) atoms. The second kappa shape index (κ2) is 10.7. The molecular weight excluding hydrogens is 530 g/mol. The maximum absolute atomic E-state index is 12.8. The lowest BCUT2D eigenvalue weighted by molar-refractivity contribution is 0.416. The molecule has 0 saturated heterocycles. The van der Waals surface area contributed by atoms with Crippen LogP contribution in [0, 0.1) is 0 Å². The summed E-state index contributed by atoms with van der Waals surface area (Å²) in [5, 5.41) is 5.84. The van der Waals surface area contributed by atoms with E-state index >= 15 is 0 Å². The molecule has 11 heteroatoms. The zero-order valence-corrected chi connectivity index (χ0v) is 21.6. The van der Waals surface area contributed by atoms with Crippen LogP contribution in [0.5, 0.6) is 5.75 Å². The lowest BCUT2D eigenvalue weighted by atomic mass is 10.1. The normalized spacial score (nSPS) is 11.5. The van der Waals surface area contributed by atoms with Gasteiger partial charge in [-0.05, 0) is 56.6 Å². The molecule has 1 heterocycles. The summed E-state index contributed by atoms with van der Waals surface area (Å²) >= 11 is 9.84. The highest BCUT2D eigenvalue weighted by Gasteiger charge is 2.23. The number of nitrogens with zero attached hydrogens (tertiary/aromatic N) is 2. The van der Waals surface area contributed by atoms with Gasteiger partial charge in [0, 0.05) is 4.47 Å². The number of rotatable bonds is 9. The van der Waals surface area contributed by atoms with Gasteiger partial charge in [-0.15, -0.1) is 0 Å². The van der Waals surface area contributed by atoms with E-state index in [1.807, 2.05) is 12.1 Å². The molecule has 0 fully saturated rings. The highest BCUT2D eigenvalue weighted by molar-refractivity contribution is 9.10. The third-order valence-corrected chi connectivity index (χ3v) is 8.07. The number of nitrogens with one attached hydrogen (secondary N) is 2. The molecule has 0 amide bonds. The van der Waals surface area contributed by atoms with Crippen molar-refractivity contribution in [3.05, 3.63) is 57.7 Å². The van der Waals surface area contributed by atoms with Gasteiger partial charge >= 0.3 is 0 Å². The average Bonchev–Trinajstić information content (AvgIpc) is 2.78. The number of sulfone groups is 1. The smallest absolute Gasteiger partial charge is 0.229 e. The Morgan fingerprint density at radius 1 is 1.18 bits per heavy atom. The summed E-state index contributed by atoms with van der Waals surface area (Å²) < 4.78 is 31.9. The quantitative estimate of drug-likeness (QED) is 0.335. The van der Waals surface area contributed by atoms with Crippen molar-refractivity contribution in [1.29, 1.82) is 0 Å². The summed E-state index contributed by atoms with van der Waals surface area (Å²) in [7, 11) is -1.95. The molecule has 0 aliphatic rings. The van der Waals surface area contributed by atoms with Gasteiger partial charge in [-0.1, -0.05) is 39.7 Å². The number of halogens is 2. The van der Waals surface area contributed by atoms with E-state index < -0.39 is 15.1 Å². The number of benzene rings is 2. The fourth-order valence-corrected chi connectivity index (χ4v) is 4.91. The third-order valence-electron chi connectivity index (χ3n) is 4.84. The van der Waals surface area contributed by atoms with E-state index in [1.165, 1.54) is 6.20 Å². The molecule has 0 atom stereocenters. The Hall–Kier alpha value is -2.40. The topological polar surface area (TPSA) is 119 Å². The molecule has 0 saturated carbocycles. The van der Waals surface area contributed by atoms with E-state index in [-0.39, 0.29) is 21.7 Å². The number of methoxy groups -OCH3 is 1. The first kappa shape index (κ1) is 25.2. The Labute approximate surface area is 207 Å². The first-order valence-corrected chi connectivity index (χ1v) is 12.8. The predicted octanol–water partition coefficient (Wildman–Crippen LogP) is 5.07. The van der Waals surface area contributed by atoms with Gasteiger partial charge in [-0.2, -0.15) is 4.98 Å². The average molecular weight is 555 g/mol. The van der Waals surface area contributed by atoms with Crippen molar-refractivity contribution < 1.29 is 13.2 Å². The van der Waals surface area contributed by atoms with E-state index in [0.717, 1.165) is 10.0 Å². The Bertz CT molecular complexity index is 1250. The standard InChI is InChI=1S/C22H25BrClN5O3S/c1-13(2)33(30,31)20-7-5-4-6-17(20)27-21-16(24)12-26-22(29-21)28-18-10-14(8-9-25)15(23)11-19(18)32-3/h4-7,10-13H,8-9,25H2,1-3H3,(H2,26,27,28,29). The first-order valence-electron chi connectivity index (χ1n) is 10.1. The second-order valence-corrected chi connectivity index (χ2v) is 11.1. The zero-order chi connectivity index (χ0) is 24.2. The van der Waals surface area contributed by atoms with Crippen molar-refractivity contribution in [2.75, 3.05) is 24.3 Å². The van der Waals surface area contributed by atoms with E-state index in [9.17, 15) is 8.42 Å². The summed E-state index contributed by atoms with van der Waals surface area (Å²) in [5.41, 5.74) is 7.74. The SMILES string of the molecule is COc1cc(Br)c(CCN)cc1Nc1ncc(Cl)c(Nc2ccccc2S(=O)(=O)C(C)C)n1. The predicted molar refractivity (Wildman–Crippen MR) is 136 cm³/mol. The number of hydrogen-bond acceptors (Lipinski definition) is 8. The molecule has 2 aromatic carbocycles. The molecule has 8 nitrogen and oxygen atoms in total. The zero-order valence-electron chi connectivity index (χ0n) is 18.4. The van der Waals surface area contributed by atoms with Gasteiger partial charge in [0.25, 0.3) is 0 Å². The molecule has 3 aromatic rings. The number of nitrogens with two attached hydrogens (primary N) is 1. The minimum absolute atomic E-state index is 0.171. The summed E-state index contributed by atoms with van der Waals surface area (Å²) in [6.45, 7) is 3.77. The Morgan fingerprint density at radius 3 is 2.58 bits per heavy atom. The highest BCUT2D eigenvalue weighted by Crippen LogP contribution is 2.34.